The van der Waals surface area contributed by atoms with Crippen LogP contribution in [0.4, 0.5) is 22.7 Å². The molecule has 2 unspecified atom stereocenters. The van der Waals surface area contributed by atoms with Crippen LogP contribution in [-0.4, -0.2) is 9.13 Å². The van der Waals surface area contributed by atoms with E-state index in [1.54, 1.807) is 0 Å². The largest absolute Gasteiger partial charge is 0.309 e. The molecular formula is C60H40N4O2P2. The lowest BCUT2D eigenvalue weighted by Crippen LogP contribution is -2.41. The van der Waals surface area contributed by atoms with Gasteiger partial charge in [-0.1, -0.05) is 121 Å². The average molecular weight is 911 g/mol. The van der Waals surface area contributed by atoms with Gasteiger partial charge in [-0.2, -0.15) is 0 Å². The molecule has 14 rings (SSSR count). The average Bonchev–Trinajstić information content (AvgIpc) is 3.92. The number of rotatable bonds is 6. The van der Waals surface area contributed by atoms with Crippen LogP contribution in [0.1, 0.15) is 0 Å². The molecule has 0 amide bonds. The molecule has 0 bridgehead atoms. The maximum Gasteiger partial charge on any atom is 0.234 e. The van der Waals surface area contributed by atoms with Gasteiger partial charge in [0.2, 0.25) is 14.6 Å². The van der Waals surface area contributed by atoms with Crippen LogP contribution in [0.5, 0.6) is 0 Å². The lowest BCUT2D eigenvalue weighted by Gasteiger charge is -2.47. The molecule has 4 heterocycles. The highest BCUT2D eigenvalue weighted by Crippen LogP contribution is 2.69. The van der Waals surface area contributed by atoms with Crippen molar-refractivity contribution < 1.29 is 9.13 Å². The molecule has 0 saturated heterocycles. The summed E-state index contributed by atoms with van der Waals surface area (Å²) in [5, 5.41) is 7.56. The van der Waals surface area contributed by atoms with Crippen molar-refractivity contribution in [2.45, 2.75) is 0 Å². The molecule has 0 aliphatic carbocycles. The van der Waals surface area contributed by atoms with Gasteiger partial charge in [0.1, 0.15) is 0 Å². The summed E-state index contributed by atoms with van der Waals surface area (Å²) >= 11 is 0. The molecule has 12 aromatic rings. The Morgan fingerprint density at radius 1 is 0.265 bits per heavy atom. The summed E-state index contributed by atoms with van der Waals surface area (Å²) < 4.78 is 42.9. The maximum atomic E-state index is 17.1. The topological polar surface area (TPSA) is 50.5 Å². The fourth-order valence-electron chi connectivity index (χ4n) is 11.2. The van der Waals surface area contributed by atoms with E-state index in [-0.39, 0.29) is 0 Å². The van der Waals surface area contributed by atoms with Crippen molar-refractivity contribution in [3.05, 3.63) is 243 Å². The number of aromatic nitrogens is 2. The number of hydrogen-bond donors (Lipinski definition) is 0. The highest BCUT2D eigenvalue weighted by atomic mass is 31.2. The maximum absolute atomic E-state index is 17.1. The molecule has 2 aliphatic rings. The molecule has 0 fully saturated rings. The molecular weight excluding hydrogens is 871 g/mol. The standard InChI is InChI=1S/C60H40N4O2P2/c65-67(45-37-33-41(34-38-45)61-51-25-11-7-21-47(51)48-22-8-12-26-52(48)61)57-31-16-30-56-60(57)59-55(63(67)43-17-3-1-4-18-43)29-15-32-58(59)68(66,64(56)44-19-5-2-6-20-44)46-39-35-42(36-40-46)62-53-27-13-9-23-49(53)50-24-10-14-28-54(50)62/h1-40H. The molecule has 0 N–H and O–H groups in total. The van der Waals surface area contributed by atoms with E-state index in [0.717, 1.165) is 67.3 Å². The van der Waals surface area contributed by atoms with Gasteiger partial charge >= 0.3 is 0 Å². The van der Waals surface area contributed by atoms with Crippen molar-refractivity contribution in [3.8, 4) is 22.5 Å². The minimum Gasteiger partial charge on any atom is -0.309 e. The third-order valence-corrected chi connectivity index (χ3v) is 20.1. The first kappa shape index (κ1) is 39.1. The Morgan fingerprint density at radius 3 is 0.912 bits per heavy atom. The summed E-state index contributed by atoms with van der Waals surface area (Å²) in [6.07, 6.45) is 0. The first-order valence-electron chi connectivity index (χ1n) is 22.9. The van der Waals surface area contributed by atoms with E-state index < -0.39 is 14.6 Å². The van der Waals surface area contributed by atoms with E-state index in [1.165, 1.54) is 21.5 Å². The summed E-state index contributed by atoms with van der Waals surface area (Å²) in [7, 11) is -7.46. The Balaban J connectivity index is 0.990. The number of benzene rings is 10. The van der Waals surface area contributed by atoms with Gasteiger partial charge in [-0.15, -0.1) is 0 Å². The summed E-state index contributed by atoms with van der Waals surface area (Å²) in [4.78, 5) is 0. The first-order valence-corrected chi connectivity index (χ1v) is 26.2. The van der Waals surface area contributed by atoms with Crippen molar-refractivity contribution in [2.24, 2.45) is 0 Å². The fourth-order valence-corrected chi connectivity index (χ4v) is 17.3. The van der Waals surface area contributed by atoms with Crippen LogP contribution in [0.3, 0.4) is 0 Å². The lowest BCUT2D eigenvalue weighted by atomic mass is 9.99. The third-order valence-electron chi connectivity index (χ3n) is 14.0. The summed E-state index contributed by atoms with van der Waals surface area (Å²) in [6, 6.07) is 82.7. The second kappa shape index (κ2) is 14.7. The van der Waals surface area contributed by atoms with Crippen molar-refractivity contribution in [1.29, 1.82) is 0 Å². The zero-order valence-corrected chi connectivity index (χ0v) is 38.4. The number of fused-ring (bicyclic) bond motifs is 6. The second-order valence-electron chi connectivity index (χ2n) is 17.6. The highest BCUT2D eigenvalue weighted by molar-refractivity contribution is 7.82. The SMILES string of the molecule is O=P1(c2ccc(-n3c4ccccc4c4ccccc43)cc2)c2cccc3c2-c2c(cccc2P(=O)(c2ccc(-n4c5ccccc5c5ccccc54)cc2)N3c2ccccc2)N1c1ccccc1. The van der Waals surface area contributed by atoms with E-state index >= 15 is 9.13 Å². The summed E-state index contributed by atoms with van der Waals surface area (Å²) in [6.45, 7) is 0. The predicted molar refractivity (Wildman–Crippen MR) is 284 cm³/mol. The van der Waals surface area contributed by atoms with Gasteiger partial charge in [0.25, 0.3) is 0 Å². The fraction of sp³-hybridized carbons (Fsp3) is 0. The molecule has 10 aromatic carbocycles. The van der Waals surface area contributed by atoms with Crippen molar-refractivity contribution in [2.75, 3.05) is 9.34 Å². The molecule has 0 spiro atoms. The van der Waals surface area contributed by atoms with E-state index in [9.17, 15) is 0 Å². The van der Waals surface area contributed by atoms with Gasteiger partial charge in [-0.3, -0.25) is 18.5 Å². The normalized spacial score (nSPS) is 17.3. The van der Waals surface area contributed by atoms with Crippen molar-refractivity contribution >= 4 is 102 Å². The number of nitrogens with zero attached hydrogens (tertiary/aromatic N) is 4. The monoisotopic (exact) mass is 910 g/mol. The van der Waals surface area contributed by atoms with Crippen LogP contribution >= 0.6 is 14.6 Å². The van der Waals surface area contributed by atoms with Crippen molar-refractivity contribution in [3.63, 3.8) is 0 Å². The molecule has 322 valence electrons. The van der Waals surface area contributed by atoms with Gasteiger partial charge in [-0.25, -0.2) is 0 Å². The Bertz CT molecular complexity index is 3730. The van der Waals surface area contributed by atoms with Crippen LogP contribution < -0.4 is 30.6 Å². The molecule has 2 aliphatic heterocycles. The Labute approximate surface area is 393 Å². The highest BCUT2D eigenvalue weighted by Gasteiger charge is 2.51. The molecule has 0 radical (unpaired) electrons. The van der Waals surface area contributed by atoms with Crippen LogP contribution in [-0.2, 0) is 9.13 Å². The summed E-state index contributed by atoms with van der Waals surface area (Å²) in [5.41, 5.74) is 11.2. The predicted octanol–water partition coefficient (Wildman–Crippen LogP) is 14.3. The Morgan fingerprint density at radius 2 is 0.574 bits per heavy atom. The van der Waals surface area contributed by atoms with E-state index in [4.69, 9.17) is 0 Å². The van der Waals surface area contributed by atoms with Crippen molar-refractivity contribution in [1.82, 2.24) is 9.13 Å². The minimum absolute atomic E-state index is 0.705. The zero-order valence-electron chi connectivity index (χ0n) is 36.6. The van der Waals surface area contributed by atoms with Gasteiger partial charge in [0, 0.05) is 76.6 Å². The quantitative estimate of drug-likeness (QED) is 0.156. The second-order valence-corrected chi connectivity index (χ2v) is 22.7. The number of hydrogen-bond acceptors (Lipinski definition) is 2. The zero-order chi connectivity index (χ0) is 45.1. The minimum atomic E-state index is -3.73. The third kappa shape index (κ3) is 5.30. The molecule has 2 aromatic heterocycles. The number of anilines is 4. The molecule has 2 atom stereocenters. The van der Waals surface area contributed by atoms with Crippen LogP contribution in [0.15, 0.2) is 243 Å². The van der Waals surface area contributed by atoms with E-state index in [1.807, 2.05) is 119 Å². The Kier molecular flexibility index (Phi) is 8.43. The van der Waals surface area contributed by atoms with Crippen LogP contribution in [0.2, 0.25) is 0 Å². The van der Waals surface area contributed by atoms with E-state index in [0.29, 0.717) is 21.2 Å². The molecule has 8 heteroatoms. The summed E-state index contributed by atoms with van der Waals surface area (Å²) in [5.74, 6) is 0. The number of para-hydroxylation sites is 6. The molecule has 0 saturated carbocycles. The van der Waals surface area contributed by atoms with Gasteiger partial charge in [0.05, 0.1) is 33.4 Å². The molecule has 68 heavy (non-hydrogen) atoms. The first-order chi connectivity index (χ1) is 33.5. The van der Waals surface area contributed by atoms with Gasteiger partial charge in [0.15, 0.2) is 0 Å². The van der Waals surface area contributed by atoms with Gasteiger partial charge in [-0.05, 0) is 121 Å². The van der Waals surface area contributed by atoms with E-state index in [2.05, 4.69) is 143 Å². The molecule has 6 nitrogen and oxygen atoms in total. The van der Waals surface area contributed by atoms with Crippen LogP contribution in [0.25, 0.3) is 66.1 Å². The smallest absolute Gasteiger partial charge is 0.234 e. The lowest BCUT2D eigenvalue weighted by molar-refractivity contribution is 0.585. The van der Waals surface area contributed by atoms with Gasteiger partial charge < -0.3 is 9.13 Å². The Hall–Kier alpha value is -8.14. The van der Waals surface area contributed by atoms with Crippen LogP contribution in [0, 0.1) is 0 Å².